The van der Waals surface area contributed by atoms with Gasteiger partial charge in [0.15, 0.2) is 0 Å². The van der Waals surface area contributed by atoms with Crippen molar-refractivity contribution in [1.82, 2.24) is 0 Å². The molecule has 0 spiro atoms. The zero-order chi connectivity index (χ0) is 21.9. The topological polar surface area (TPSA) is 21.8 Å². The number of fused-ring (bicyclic) bond motifs is 5. The van der Waals surface area contributed by atoms with Crippen molar-refractivity contribution in [2.24, 2.45) is 0 Å². The summed E-state index contributed by atoms with van der Waals surface area (Å²) in [6, 6.07) is 24.4. The third kappa shape index (κ3) is 2.71. The first kappa shape index (κ1) is 20.2. The minimum Gasteiger partial charge on any atom is -0.201 e. The van der Waals surface area contributed by atoms with Crippen LogP contribution in [-0.4, -0.2) is 14.1 Å². The highest BCUT2D eigenvalue weighted by molar-refractivity contribution is 7.83. The first-order chi connectivity index (χ1) is 14.9. The van der Waals surface area contributed by atoms with Gasteiger partial charge in [-0.2, -0.15) is 14.0 Å². The molecule has 5 heteroatoms. The molecular weight excluding hydrogens is 399 g/mol. The highest BCUT2D eigenvalue weighted by atomic mass is 31.2. The Kier molecular flexibility index (Phi) is 4.67. The van der Waals surface area contributed by atoms with Crippen molar-refractivity contribution in [3.8, 4) is 0 Å². The second-order valence-electron chi connectivity index (χ2n) is 9.14. The molecule has 1 N–H and O–H groups in total. The summed E-state index contributed by atoms with van der Waals surface area (Å²) in [6.07, 6.45) is 0. The van der Waals surface area contributed by atoms with Gasteiger partial charge in [-0.05, 0) is 47.2 Å². The normalized spacial score (nSPS) is 16.1. The Morgan fingerprint density at radius 2 is 1.03 bits per heavy atom. The summed E-state index contributed by atoms with van der Waals surface area (Å²) < 4.78 is 7.55. The second-order valence-corrected chi connectivity index (χ2v) is 12.1. The van der Waals surface area contributed by atoms with Crippen LogP contribution in [0.4, 0.5) is 28.4 Å². The molecule has 31 heavy (non-hydrogen) atoms. The van der Waals surface area contributed by atoms with E-state index in [1.54, 1.807) is 0 Å². The Hall–Kier alpha value is -2.71. The van der Waals surface area contributed by atoms with Crippen LogP contribution >= 0.6 is 7.87 Å². The molecule has 0 fully saturated rings. The van der Waals surface area contributed by atoms with Crippen LogP contribution in [0.5, 0.6) is 0 Å². The molecule has 2 aliphatic rings. The maximum atomic E-state index is 4.20. The number of hydrogen-bond acceptors (Lipinski definition) is 4. The maximum absolute atomic E-state index is 4.20. The molecule has 0 saturated heterocycles. The Labute approximate surface area is 187 Å². The van der Waals surface area contributed by atoms with Crippen LogP contribution in [0.25, 0.3) is 0 Å². The zero-order valence-electron chi connectivity index (χ0n) is 19.3. The highest BCUT2D eigenvalue weighted by Crippen LogP contribution is 2.81. The van der Waals surface area contributed by atoms with Crippen LogP contribution in [0, 0.1) is 0 Å². The number of rotatable bonds is 4. The number of para-hydroxylation sites is 5. The summed E-state index contributed by atoms with van der Waals surface area (Å²) in [4.78, 5) is 0. The summed E-state index contributed by atoms with van der Waals surface area (Å²) in [5, 5.41) is 4.20. The van der Waals surface area contributed by atoms with E-state index in [9.17, 15) is 0 Å². The first-order valence-electron chi connectivity index (χ1n) is 11.1. The molecule has 3 aromatic rings. The van der Waals surface area contributed by atoms with E-state index in [-0.39, 0.29) is 0 Å². The average Bonchev–Trinajstić information content (AvgIpc) is 3.16. The standard InChI is InChI=1S/C26H32N4P/c1-18(2)20-12-11-13-21(19(3)4)26(20)27-31-28(5)22-14-7-9-16-24(22)30(31)25-17-10-8-15-23(25)29(31)6/h7-19,27H,1-6H3/q+1. The minimum atomic E-state index is -2.16. The van der Waals surface area contributed by atoms with Gasteiger partial charge in [-0.3, -0.25) is 0 Å². The van der Waals surface area contributed by atoms with E-state index < -0.39 is 7.87 Å². The van der Waals surface area contributed by atoms with Gasteiger partial charge in [0.05, 0.1) is 5.69 Å². The monoisotopic (exact) mass is 431 g/mol. The molecule has 0 saturated carbocycles. The molecular formula is C26H32N4P+. The number of nitrogens with one attached hydrogen (secondary N) is 1. The predicted molar refractivity (Wildman–Crippen MR) is 137 cm³/mol. The Morgan fingerprint density at radius 1 is 0.613 bits per heavy atom. The molecule has 0 bridgehead atoms. The van der Waals surface area contributed by atoms with E-state index in [1.165, 1.54) is 39.6 Å². The first-order valence-corrected chi connectivity index (χ1v) is 12.8. The molecule has 5 rings (SSSR count). The van der Waals surface area contributed by atoms with Gasteiger partial charge >= 0.3 is 7.87 Å². The van der Waals surface area contributed by atoms with Crippen molar-refractivity contribution in [3.05, 3.63) is 77.9 Å². The Morgan fingerprint density at radius 3 is 1.45 bits per heavy atom. The van der Waals surface area contributed by atoms with E-state index in [1.807, 2.05) is 0 Å². The van der Waals surface area contributed by atoms with Crippen molar-refractivity contribution < 1.29 is 0 Å². The Bertz CT molecular complexity index is 1060. The molecule has 4 nitrogen and oxygen atoms in total. The maximum Gasteiger partial charge on any atom is 0.407 e. The van der Waals surface area contributed by atoms with Crippen LogP contribution in [0.1, 0.15) is 50.7 Å². The van der Waals surface area contributed by atoms with Crippen LogP contribution in [-0.2, 0) is 0 Å². The lowest BCUT2D eigenvalue weighted by Crippen LogP contribution is -2.37. The number of nitrogens with zero attached hydrogens (tertiary/aromatic N) is 3. The molecule has 0 amide bonds. The Balaban J connectivity index is 1.76. The fourth-order valence-electron chi connectivity index (χ4n) is 5.06. The van der Waals surface area contributed by atoms with E-state index >= 15 is 0 Å². The quantitative estimate of drug-likeness (QED) is 0.426. The van der Waals surface area contributed by atoms with Crippen molar-refractivity contribution in [2.45, 2.75) is 39.5 Å². The van der Waals surface area contributed by atoms with Gasteiger partial charge in [0.1, 0.15) is 22.7 Å². The fourth-order valence-corrected chi connectivity index (χ4v) is 8.84. The third-order valence-electron chi connectivity index (χ3n) is 6.67. The van der Waals surface area contributed by atoms with Crippen LogP contribution in [0.2, 0.25) is 0 Å². The predicted octanol–water partition coefficient (Wildman–Crippen LogP) is 7.76. The van der Waals surface area contributed by atoms with E-state index in [2.05, 4.69) is 128 Å². The van der Waals surface area contributed by atoms with E-state index in [4.69, 9.17) is 0 Å². The van der Waals surface area contributed by atoms with Gasteiger partial charge in [0.25, 0.3) is 0 Å². The van der Waals surface area contributed by atoms with E-state index in [0.29, 0.717) is 11.8 Å². The van der Waals surface area contributed by atoms with Crippen LogP contribution in [0.3, 0.4) is 0 Å². The van der Waals surface area contributed by atoms with Crippen molar-refractivity contribution in [1.29, 1.82) is 0 Å². The lowest BCUT2D eigenvalue weighted by Gasteiger charge is -2.36. The van der Waals surface area contributed by atoms with Gasteiger partial charge in [-0.15, -0.1) is 0 Å². The van der Waals surface area contributed by atoms with E-state index in [0.717, 1.165) is 0 Å². The SMILES string of the molecule is CC(C)c1cccc(C(C)C)c1N[P+]12N(C)c3ccccc3N1c1ccccc1N2C. The van der Waals surface area contributed by atoms with Crippen LogP contribution in [0.15, 0.2) is 66.7 Å². The molecule has 160 valence electrons. The molecule has 0 aromatic heterocycles. The fraction of sp³-hybridized carbons (Fsp3) is 0.308. The van der Waals surface area contributed by atoms with Gasteiger partial charge in [0, 0.05) is 14.1 Å². The zero-order valence-corrected chi connectivity index (χ0v) is 20.2. The summed E-state index contributed by atoms with van der Waals surface area (Å²) in [5.74, 6) is 0.886. The summed E-state index contributed by atoms with van der Waals surface area (Å²) in [5.41, 5.74) is 9.16. The molecule has 2 heterocycles. The average molecular weight is 432 g/mol. The van der Waals surface area contributed by atoms with Gasteiger partial charge in [0.2, 0.25) is 0 Å². The highest BCUT2D eigenvalue weighted by Gasteiger charge is 2.67. The number of anilines is 5. The minimum absolute atomic E-state index is 0.443. The molecule has 2 aliphatic heterocycles. The van der Waals surface area contributed by atoms with Crippen LogP contribution < -0.4 is 19.1 Å². The van der Waals surface area contributed by atoms with Crippen molar-refractivity contribution in [2.75, 3.05) is 33.2 Å². The third-order valence-corrected chi connectivity index (χ3v) is 10.3. The van der Waals surface area contributed by atoms with Crippen molar-refractivity contribution in [3.63, 3.8) is 0 Å². The molecule has 0 aliphatic carbocycles. The summed E-state index contributed by atoms with van der Waals surface area (Å²) in [7, 11) is 2.33. The lowest BCUT2D eigenvalue weighted by atomic mass is 9.93. The lowest BCUT2D eigenvalue weighted by molar-refractivity contribution is 0.839. The van der Waals surface area contributed by atoms with Gasteiger partial charge < -0.3 is 0 Å². The molecule has 0 atom stereocenters. The summed E-state index contributed by atoms with van der Waals surface area (Å²) in [6.45, 7) is 9.16. The largest absolute Gasteiger partial charge is 0.407 e. The number of benzene rings is 3. The second kappa shape index (κ2) is 7.17. The molecule has 0 radical (unpaired) electrons. The smallest absolute Gasteiger partial charge is 0.201 e. The van der Waals surface area contributed by atoms with Crippen molar-refractivity contribution >= 4 is 36.3 Å². The number of hydrogen-bond donors (Lipinski definition) is 1. The molecule has 3 aromatic carbocycles. The molecule has 0 unspecified atom stereocenters. The summed E-state index contributed by atoms with van der Waals surface area (Å²) >= 11 is 0. The van der Waals surface area contributed by atoms with Gasteiger partial charge in [-0.25, -0.2) is 5.09 Å². The van der Waals surface area contributed by atoms with Gasteiger partial charge in [-0.1, -0.05) is 70.2 Å².